The highest BCUT2D eigenvalue weighted by Crippen LogP contribution is 2.30. The third-order valence-electron chi connectivity index (χ3n) is 7.19. The summed E-state index contributed by atoms with van der Waals surface area (Å²) in [6, 6.07) is 26.3. The molecule has 0 bridgehead atoms. The normalized spacial score (nSPS) is 11.8. The molecule has 5 rings (SSSR count). The fourth-order valence-corrected chi connectivity index (χ4v) is 5.14. The van der Waals surface area contributed by atoms with Crippen molar-refractivity contribution >= 4 is 32.6 Å². The van der Waals surface area contributed by atoms with Crippen molar-refractivity contribution in [2.45, 2.75) is 46.1 Å². The third-order valence-corrected chi connectivity index (χ3v) is 7.19. The molecule has 0 unspecified atom stereocenters. The number of benzene rings is 3. The molecule has 5 aromatic rings. The van der Waals surface area contributed by atoms with Crippen molar-refractivity contribution in [3.8, 4) is 5.88 Å². The van der Waals surface area contributed by atoms with Gasteiger partial charge in [0, 0.05) is 52.5 Å². The van der Waals surface area contributed by atoms with Crippen molar-refractivity contribution in [3.05, 3.63) is 84.1 Å². The van der Waals surface area contributed by atoms with Crippen LogP contribution in [0.5, 0.6) is 5.88 Å². The zero-order valence-electron chi connectivity index (χ0n) is 21.8. The summed E-state index contributed by atoms with van der Waals surface area (Å²) in [5.41, 5.74) is 5.15. The molecule has 186 valence electrons. The molecule has 0 aliphatic heterocycles. The number of rotatable bonds is 11. The summed E-state index contributed by atoms with van der Waals surface area (Å²) in [6.45, 7) is 7.91. The van der Waals surface area contributed by atoms with Gasteiger partial charge in [-0.05, 0) is 74.5 Å². The Bertz CT molecular complexity index is 1470. The second kappa shape index (κ2) is 11.1. The van der Waals surface area contributed by atoms with Crippen LogP contribution in [-0.2, 0) is 19.4 Å². The number of aromatic nitrogens is 2. The average Bonchev–Trinajstić information content (AvgIpc) is 3.23. The summed E-state index contributed by atoms with van der Waals surface area (Å²) in [6.07, 6.45) is 4.34. The van der Waals surface area contributed by atoms with E-state index in [1.165, 1.54) is 39.2 Å². The van der Waals surface area contributed by atoms with Crippen LogP contribution in [0, 0.1) is 0 Å². The number of ether oxygens (including phenoxy) is 1. The van der Waals surface area contributed by atoms with E-state index in [1.807, 2.05) is 0 Å². The van der Waals surface area contributed by atoms with Crippen molar-refractivity contribution < 1.29 is 4.74 Å². The second-order valence-electron chi connectivity index (χ2n) is 9.76. The van der Waals surface area contributed by atoms with Crippen LogP contribution in [0.25, 0.3) is 32.6 Å². The third kappa shape index (κ3) is 5.10. The molecular formula is C32H37N3O. The SMILES string of the molecule is CCCCc1cc2ccccc2c(OCCN(C)CCc2ccc3c(c2)c2ccccc2n3CC)n1. The Morgan fingerprint density at radius 2 is 1.58 bits per heavy atom. The number of pyridine rings is 1. The number of unbranched alkanes of at least 4 members (excludes halogenated alkanes) is 1. The molecule has 0 saturated carbocycles. The smallest absolute Gasteiger partial charge is 0.221 e. The van der Waals surface area contributed by atoms with Crippen molar-refractivity contribution in [2.24, 2.45) is 0 Å². The minimum atomic E-state index is 0.633. The first-order valence-electron chi connectivity index (χ1n) is 13.4. The lowest BCUT2D eigenvalue weighted by Crippen LogP contribution is -2.26. The Hall–Kier alpha value is -3.37. The zero-order chi connectivity index (χ0) is 24.9. The van der Waals surface area contributed by atoms with Crippen molar-refractivity contribution in [3.63, 3.8) is 0 Å². The van der Waals surface area contributed by atoms with Gasteiger partial charge in [0.2, 0.25) is 5.88 Å². The maximum absolute atomic E-state index is 6.23. The van der Waals surface area contributed by atoms with E-state index < -0.39 is 0 Å². The van der Waals surface area contributed by atoms with E-state index in [1.54, 1.807) is 0 Å². The number of nitrogens with zero attached hydrogens (tertiary/aromatic N) is 3. The van der Waals surface area contributed by atoms with E-state index in [0.717, 1.165) is 55.9 Å². The van der Waals surface area contributed by atoms with Crippen LogP contribution in [0.15, 0.2) is 72.8 Å². The number of para-hydroxylation sites is 1. The summed E-state index contributed by atoms with van der Waals surface area (Å²) >= 11 is 0. The van der Waals surface area contributed by atoms with Crippen LogP contribution in [0.4, 0.5) is 0 Å². The van der Waals surface area contributed by atoms with E-state index >= 15 is 0 Å². The topological polar surface area (TPSA) is 30.3 Å². The quantitative estimate of drug-likeness (QED) is 0.200. The molecule has 0 saturated heterocycles. The average molecular weight is 480 g/mol. The predicted molar refractivity (Wildman–Crippen MR) is 152 cm³/mol. The van der Waals surface area contributed by atoms with E-state index in [0.29, 0.717) is 6.61 Å². The van der Waals surface area contributed by atoms with Gasteiger partial charge in [0.1, 0.15) is 6.61 Å². The van der Waals surface area contributed by atoms with Crippen LogP contribution in [-0.4, -0.2) is 41.2 Å². The van der Waals surface area contributed by atoms with Gasteiger partial charge in [0.05, 0.1) is 0 Å². The predicted octanol–water partition coefficient (Wildman–Crippen LogP) is 7.26. The Labute approximate surface area is 214 Å². The maximum Gasteiger partial charge on any atom is 0.221 e. The van der Waals surface area contributed by atoms with E-state index in [2.05, 4.69) is 103 Å². The summed E-state index contributed by atoms with van der Waals surface area (Å²) in [5.74, 6) is 0.769. The molecule has 4 nitrogen and oxygen atoms in total. The van der Waals surface area contributed by atoms with Gasteiger partial charge < -0.3 is 14.2 Å². The van der Waals surface area contributed by atoms with E-state index in [4.69, 9.17) is 9.72 Å². The van der Waals surface area contributed by atoms with Crippen molar-refractivity contribution in [1.82, 2.24) is 14.5 Å². The van der Waals surface area contributed by atoms with Gasteiger partial charge in [-0.2, -0.15) is 0 Å². The van der Waals surface area contributed by atoms with Gasteiger partial charge in [0.25, 0.3) is 0 Å². The van der Waals surface area contributed by atoms with Gasteiger partial charge in [-0.1, -0.05) is 55.8 Å². The molecule has 0 spiro atoms. The minimum Gasteiger partial charge on any atom is -0.476 e. The monoisotopic (exact) mass is 479 g/mol. The minimum absolute atomic E-state index is 0.633. The molecule has 36 heavy (non-hydrogen) atoms. The standard InChI is InChI=1S/C32H37N3O/c1-4-6-12-26-23-25-11-7-8-13-27(25)32(33-26)36-21-20-34(3)19-18-24-16-17-31-29(22-24)28-14-9-10-15-30(28)35(31)5-2/h7-11,13-17,22-23H,4-6,12,18-21H2,1-3H3. The maximum atomic E-state index is 6.23. The molecule has 3 aromatic carbocycles. The fourth-order valence-electron chi connectivity index (χ4n) is 5.14. The van der Waals surface area contributed by atoms with Crippen LogP contribution in [0.3, 0.4) is 0 Å². The molecule has 4 heteroatoms. The van der Waals surface area contributed by atoms with E-state index in [9.17, 15) is 0 Å². The number of fused-ring (bicyclic) bond motifs is 4. The molecule has 0 aliphatic rings. The van der Waals surface area contributed by atoms with Gasteiger partial charge >= 0.3 is 0 Å². The highest BCUT2D eigenvalue weighted by Gasteiger charge is 2.11. The molecule has 0 atom stereocenters. The van der Waals surface area contributed by atoms with Crippen LogP contribution in [0.1, 0.15) is 37.9 Å². The van der Waals surface area contributed by atoms with Gasteiger partial charge in [-0.15, -0.1) is 0 Å². The van der Waals surface area contributed by atoms with Gasteiger partial charge in [-0.25, -0.2) is 4.98 Å². The molecule has 2 heterocycles. The summed E-state index contributed by atoms with van der Waals surface area (Å²) in [4.78, 5) is 7.20. The Kier molecular flexibility index (Phi) is 7.52. The zero-order valence-corrected chi connectivity index (χ0v) is 21.8. The highest BCUT2D eigenvalue weighted by molar-refractivity contribution is 6.08. The molecule has 0 aliphatic carbocycles. The number of hydrogen-bond acceptors (Lipinski definition) is 3. The number of likely N-dealkylation sites (N-methyl/N-ethyl adjacent to an activating group) is 1. The second-order valence-corrected chi connectivity index (χ2v) is 9.76. The molecular weight excluding hydrogens is 442 g/mol. The lowest BCUT2D eigenvalue weighted by Gasteiger charge is -2.17. The number of aryl methyl sites for hydroxylation is 2. The van der Waals surface area contributed by atoms with Crippen LogP contribution >= 0.6 is 0 Å². The number of hydrogen-bond donors (Lipinski definition) is 0. The lowest BCUT2D eigenvalue weighted by atomic mass is 10.1. The Balaban J connectivity index is 1.22. The summed E-state index contributed by atoms with van der Waals surface area (Å²) < 4.78 is 8.64. The van der Waals surface area contributed by atoms with Crippen LogP contribution in [0.2, 0.25) is 0 Å². The molecule has 0 radical (unpaired) electrons. The Morgan fingerprint density at radius 1 is 0.806 bits per heavy atom. The van der Waals surface area contributed by atoms with E-state index in [-0.39, 0.29) is 0 Å². The first-order valence-corrected chi connectivity index (χ1v) is 13.4. The fraction of sp³-hybridized carbons (Fsp3) is 0.344. The van der Waals surface area contributed by atoms with Gasteiger partial charge in [0.15, 0.2) is 0 Å². The molecule has 0 N–H and O–H groups in total. The summed E-state index contributed by atoms with van der Waals surface area (Å²) in [5, 5.41) is 5.01. The molecule has 0 amide bonds. The van der Waals surface area contributed by atoms with Crippen LogP contribution < -0.4 is 4.74 Å². The first kappa shape index (κ1) is 24.3. The largest absolute Gasteiger partial charge is 0.476 e. The highest BCUT2D eigenvalue weighted by atomic mass is 16.5. The lowest BCUT2D eigenvalue weighted by molar-refractivity contribution is 0.235. The molecule has 2 aromatic heterocycles. The Morgan fingerprint density at radius 3 is 2.42 bits per heavy atom. The van der Waals surface area contributed by atoms with Gasteiger partial charge in [-0.3, -0.25) is 0 Å². The summed E-state index contributed by atoms with van der Waals surface area (Å²) in [7, 11) is 2.17. The van der Waals surface area contributed by atoms with Crippen molar-refractivity contribution in [2.75, 3.05) is 26.7 Å². The van der Waals surface area contributed by atoms with Crippen molar-refractivity contribution in [1.29, 1.82) is 0 Å². The first-order chi connectivity index (χ1) is 17.7. The molecule has 0 fully saturated rings.